The Bertz CT molecular complexity index is 1610. The minimum absolute atomic E-state index is 0.0517. The average molecular weight is 583 g/mol. The Hall–Kier alpha value is -4.36. The van der Waals surface area contributed by atoms with E-state index < -0.39 is 31.1 Å². The van der Waals surface area contributed by atoms with Crippen molar-refractivity contribution in [3.63, 3.8) is 0 Å². The van der Waals surface area contributed by atoms with Crippen molar-refractivity contribution in [2.24, 2.45) is 0 Å². The van der Waals surface area contributed by atoms with Crippen LogP contribution in [-0.4, -0.2) is 88.9 Å². The van der Waals surface area contributed by atoms with Gasteiger partial charge in [0.25, 0.3) is 0 Å². The van der Waals surface area contributed by atoms with Crippen molar-refractivity contribution in [2.75, 3.05) is 36.5 Å². The predicted octanol–water partition coefficient (Wildman–Crippen LogP) is 2.33. The molecule has 2 fully saturated rings. The molecule has 0 spiro atoms. The van der Waals surface area contributed by atoms with Gasteiger partial charge in [0.2, 0.25) is 5.95 Å². The van der Waals surface area contributed by atoms with Gasteiger partial charge < -0.3 is 34.8 Å². The molecule has 12 heteroatoms. The number of aliphatic hydroxyl groups is 3. The zero-order valence-corrected chi connectivity index (χ0v) is 23.5. The Labute approximate surface area is 248 Å². The first-order chi connectivity index (χ1) is 21.1. The summed E-state index contributed by atoms with van der Waals surface area (Å²) in [6.07, 6.45) is 3.65. The zero-order valence-electron chi connectivity index (χ0n) is 23.5. The standard InChI is InChI=1S/C31H34N8O4/c40-17-24-26(41)27(42)30(43-24)39-19-34-25-28(33-15-23(20-7-3-1-4-8-20)21-9-5-2-6-10-21)35-31(36-29(25)39)37-13-11-22(16-37)38-14-12-32-18-38/h1-10,12,14,18-19,22-24,26-27,30,40-42H,11,13,15-17H2,(H,33,35,36)/t22-,24-,26-,27-,30-/m1/s1. The SMILES string of the molecule is OC[C@H]1O[C@@H](n2cnc3c(NCC(c4ccccc4)c4ccccc4)nc(N4CC[C@@H](n5ccnc5)C4)nc32)[C@H](O)[C@@H]1O. The lowest BCUT2D eigenvalue weighted by atomic mass is 9.91. The van der Waals surface area contributed by atoms with Crippen LogP contribution in [0.4, 0.5) is 11.8 Å². The molecule has 0 amide bonds. The van der Waals surface area contributed by atoms with Crippen LogP contribution in [0.2, 0.25) is 0 Å². The summed E-state index contributed by atoms with van der Waals surface area (Å²) >= 11 is 0. The topological polar surface area (TPSA) is 147 Å². The molecule has 3 aromatic heterocycles. The monoisotopic (exact) mass is 582 g/mol. The van der Waals surface area contributed by atoms with Gasteiger partial charge in [-0.25, -0.2) is 9.97 Å². The van der Waals surface area contributed by atoms with E-state index in [1.54, 1.807) is 17.1 Å². The number of fused-ring (bicyclic) bond motifs is 1. The number of nitrogens with zero attached hydrogens (tertiary/aromatic N) is 7. The summed E-state index contributed by atoms with van der Waals surface area (Å²) in [6, 6.07) is 20.9. The Morgan fingerprint density at radius 3 is 2.35 bits per heavy atom. The van der Waals surface area contributed by atoms with E-state index in [1.807, 2.05) is 48.9 Å². The summed E-state index contributed by atoms with van der Waals surface area (Å²) in [5.41, 5.74) is 3.33. The van der Waals surface area contributed by atoms with Gasteiger partial charge in [-0.15, -0.1) is 0 Å². The van der Waals surface area contributed by atoms with Gasteiger partial charge in [-0.1, -0.05) is 60.7 Å². The van der Waals surface area contributed by atoms with Crippen molar-refractivity contribution >= 4 is 22.9 Å². The first-order valence-corrected chi connectivity index (χ1v) is 14.5. The maximum Gasteiger partial charge on any atom is 0.229 e. The second kappa shape index (κ2) is 11.7. The van der Waals surface area contributed by atoms with E-state index in [9.17, 15) is 15.3 Å². The Balaban J connectivity index is 1.26. The number of imidazole rings is 2. The number of nitrogens with one attached hydrogen (secondary N) is 1. The average Bonchev–Trinajstić information content (AvgIpc) is 3.86. The number of anilines is 2. The lowest BCUT2D eigenvalue weighted by molar-refractivity contribution is -0.0511. The molecule has 0 aliphatic carbocycles. The third-order valence-electron chi connectivity index (χ3n) is 8.47. The minimum Gasteiger partial charge on any atom is -0.394 e. The summed E-state index contributed by atoms with van der Waals surface area (Å²) in [5, 5.41) is 34.5. The normalized spacial score (nSPS) is 23.9. The molecule has 5 aromatic rings. The van der Waals surface area contributed by atoms with E-state index in [1.165, 1.54) is 11.1 Å². The fraction of sp³-hybridized carbons (Fsp3) is 0.355. The molecule has 0 saturated carbocycles. The van der Waals surface area contributed by atoms with Crippen LogP contribution in [0.5, 0.6) is 0 Å². The van der Waals surface area contributed by atoms with E-state index in [2.05, 4.69) is 49.0 Å². The number of aromatic nitrogens is 6. The summed E-state index contributed by atoms with van der Waals surface area (Å²) in [4.78, 5) is 20.8. The molecular formula is C31H34N8O4. The number of ether oxygens (including phenoxy) is 1. The van der Waals surface area contributed by atoms with Gasteiger partial charge in [0.05, 0.1) is 25.3 Å². The molecule has 5 heterocycles. The smallest absolute Gasteiger partial charge is 0.229 e. The third-order valence-corrected chi connectivity index (χ3v) is 8.47. The predicted molar refractivity (Wildman–Crippen MR) is 160 cm³/mol. The molecule has 4 N–H and O–H groups in total. The molecule has 2 aromatic carbocycles. The van der Waals surface area contributed by atoms with Crippen molar-refractivity contribution < 1.29 is 20.1 Å². The van der Waals surface area contributed by atoms with Crippen LogP contribution < -0.4 is 10.2 Å². The second-order valence-corrected chi connectivity index (χ2v) is 11.1. The molecule has 2 aliphatic rings. The van der Waals surface area contributed by atoms with Gasteiger partial charge in [-0.3, -0.25) is 4.57 Å². The number of hydrogen-bond acceptors (Lipinski definition) is 10. The maximum atomic E-state index is 10.8. The first kappa shape index (κ1) is 27.5. The number of hydrogen-bond donors (Lipinski definition) is 4. The van der Waals surface area contributed by atoms with Crippen molar-refractivity contribution in [2.45, 2.75) is 42.9 Å². The summed E-state index contributed by atoms with van der Waals surface area (Å²) < 4.78 is 9.56. The van der Waals surface area contributed by atoms with Crippen molar-refractivity contribution in [1.29, 1.82) is 0 Å². The molecule has 0 unspecified atom stereocenters. The van der Waals surface area contributed by atoms with E-state index >= 15 is 0 Å². The van der Waals surface area contributed by atoms with Gasteiger partial charge in [-0.05, 0) is 17.5 Å². The van der Waals surface area contributed by atoms with E-state index in [-0.39, 0.29) is 12.0 Å². The van der Waals surface area contributed by atoms with Gasteiger partial charge in [0.1, 0.15) is 18.3 Å². The van der Waals surface area contributed by atoms with Crippen LogP contribution in [0.25, 0.3) is 11.2 Å². The summed E-state index contributed by atoms with van der Waals surface area (Å²) in [7, 11) is 0. The summed E-state index contributed by atoms with van der Waals surface area (Å²) in [6.45, 7) is 1.60. The Morgan fingerprint density at radius 2 is 1.70 bits per heavy atom. The lowest BCUT2D eigenvalue weighted by Crippen LogP contribution is -2.33. The molecule has 43 heavy (non-hydrogen) atoms. The molecule has 5 atom stereocenters. The Kier molecular flexibility index (Phi) is 7.49. The molecule has 0 radical (unpaired) electrons. The van der Waals surface area contributed by atoms with Crippen molar-refractivity contribution in [3.8, 4) is 0 Å². The zero-order chi connectivity index (χ0) is 29.3. The van der Waals surface area contributed by atoms with Crippen LogP contribution in [0.15, 0.2) is 85.7 Å². The van der Waals surface area contributed by atoms with E-state index in [4.69, 9.17) is 14.7 Å². The highest BCUT2D eigenvalue weighted by Gasteiger charge is 2.44. The highest BCUT2D eigenvalue weighted by atomic mass is 16.6. The minimum atomic E-state index is -1.26. The van der Waals surface area contributed by atoms with E-state index in [0.717, 1.165) is 13.0 Å². The van der Waals surface area contributed by atoms with Crippen LogP contribution in [-0.2, 0) is 4.74 Å². The van der Waals surface area contributed by atoms with Gasteiger partial charge >= 0.3 is 0 Å². The lowest BCUT2D eigenvalue weighted by Gasteiger charge is -2.22. The number of aliphatic hydroxyl groups excluding tert-OH is 3. The fourth-order valence-electron chi connectivity index (χ4n) is 6.12. The van der Waals surface area contributed by atoms with Gasteiger partial charge in [0.15, 0.2) is 23.2 Å². The van der Waals surface area contributed by atoms with Gasteiger partial charge in [0, 0.05) is 37.9 Å². The van der Waals surface area contributed by atoms with Crippen LogP contribution >= 0.6 is 0 Å². The quantitative estimate of drug-likeness (QED) is 0.204. The molecule has 2 saturated heterocycles. The van der Waals surface area contributed by atoms with Gasteiger partial charge in [-0.2, -0.15) is 9.97 Å². The van der Waals surface area contributed by atoms with Crippen LogP contribution in [0, 0.1) is 0 Å². The largest absolute Gasteiger partial charge is 0.394 e. The van der Waals surface area contributed by atoms with Crippen molar-refractivity contribution in [1.82, 2.24) is 29.1 Å². The van der Waals surface area contributed by atoms with Crippen LogP contribution in [0.3, 0.4) is 0 Å². The third kappa shape index (κ3) is 5.23. The highest BCUT2D eigenvalue weighted by Crippen LogP contribution is 2.35. The number of benzene rings is 2. The van der Waals surface area contributed by atoms with Crippen LogP contribution in [0.1, 0.15) is 35.7 Å². The molecule has 0 bridgehead atoms. The van der Waals surface area contributed by atoms with E-state index in [0.29, 0.717) is 36.0 Å². The fourth-order valence-corrected chi connectivity index (χ4v) is 6.12. The molecule has 222 valence electrons. The first-order valence-electron chi connectivity index (χ1n) is 14.5. The van der Waals surface area contributed by atoms with Crippen molar-refractivity contribution in [3.05, 3.63) is 96.8 Å². The molecule has 12 nitrogen and oxygen atoms in total. The highest BCUT2D eigenvalue weighted by molar-refractivity contribution is 5.84. The maximum absolute atomic E-state index is 10.8. The summed E-state index contributed by atoms with van der Waals surface area (Å²) in [5.74, 6) is 1.14. The molecule has 2 aliphatic heterocycles. The second-order valence-electron chi connectivity index (χ2n) is 11.1. The molecule has 7 rings (SSSR count). The number of rotatable bonds is 9. The Morgan fingerprint density at radius 1 is 0.953 bits per heavy atom. The molecular weight excluding hydrogens is 548 g/mol.